The van der Waals surface area contributed by atoms with Crippen LogP contribution in [0, 0.1) is 25.2 Å². The van der Waals surface area contributed by atoms with Crippen molar-refractivity contribution in [2.75, 3.05) is 20.3 Å². The van der Waals surface area contributed by atoms with E-state index in [2.05, 4.69) is 5.32 Å². The molecule has 31 heavy (non-hydrogen) atoms. The predicted octanol–water partition coefficient (Wildman–Crippen LogP) is 1.78. The molecule has 1 heterocycles. The maximum Gasteiger partial charge on any atom is 0.273 e. The topological polar surface area (TPSA) is 84.1 Å². The molecule has 0 bridgehead atoms. The lowest BCUT2D eigenvalue weighted by Gasteiger charge is -2.07. The van der Waals surface area contributed by atoms with E-state index in [-0.39, 0.29) is 17.7 Å². The molecule has 1 amide bonds. The summed E-state index contributed by atoms with van der Waals surface area (Å²) in [6.45, 7) is 4.47. The van der Waals surface area contributed by atoms with Crippen molar-refractivity contribution in [1.29, 1.82) is 5.26 Å². The standard InChI is InChI=1S/C24H23N3O3S/c1-16-8-10-18(11-9-16)14-21-23(29)27(20-7-5-4-6-17(20)2)24(31-21)19(15-25)22(28)26-12-13-30-3/h4-11,14H,12-13H2,1-3H3,(H,26,28)/b21-14-,24-19-. The van der Waals surface area contributed by atoms with Gasteiger partial charge in [0.1, 0.15) is 10.7 Å². The zero-order valence-electron chi connectivity index (χ0n) is 17.6. The number of carbonyl (C=O) groups is 1. The Morgan fingerprint density at radius 2 is 1.90 bits per heavy atom. The number of thiazole rings is 1. The number of hydrogen-bond acceptors (Lipinski definition) is 5. The number of rotatable bonds is 6. The molecule has 158 valence electrons. The molecule has 7 heteroatoms. The van der Waals surface area contributed by atoms with Gasteiger partial charge in [0.25, 0.3) is 11.5 Å². The monoisotopic (exact) mass is 433 g/mol. The van der Waals surface area contributed by atoms with Gasteiger partial charge in [-0.3, -0.25) is 14.2 Å². The van der Waals surface area contributed by atoms with Gasteiger partial charge in [-0.15, -0.1) is 11.3 Å². The number of aryl methyl sites for hydroxylation is 2. The zero-order valence-corrected chi connectivity index (χ0v) is 18.5. The van der Waals surface area contributed by atoms with Crippen molar-refractivity contribution < 1.29 is 9.53 Å². The van der Waals surface area contributed by atoms with Gasteiger partial charge in [0.15, 0.2) is 5.57 Å². The zero-order chi connectivity index (χ0) is 22.4. The van der Waals surface area contributed by atoms with Gasteiger partial charge >= 0.3 is 0 Å². The summed E-state index contributed by atoms with van der Waals surface area (Å²) in [5.74, 6) is -0.537. The number of ether oxygens (including phenoxy) is 1. The summed E-state index contributed by atoms with van der Waals surface area (Å²) in [5, 5.41) is 12.4. The van der Waals surface area contributed by atoms with Crippen LogP contribution in [0.25, 0.3) is 17.3 Å². The summed E-state index contributed by atoms with van der Waals surface area (Å²) in [5.41, 5.74) is 3.12. The largest absolute Gasteiger partial charge is 0.383 e. The fourth-order valence-corrected chi connectivity index (χ4v) is 4.14. The van der Waals surface area contributed by atoms with Gasteiger partial charge in [-0.25, -0.2) is 0 Å². The van der Waals surface area contributed by atoms with Crippen LogP contribution in [-0.2, 0) is 9.53 Å². The molecule has 0 aliphatic heterocycles. The summed E-state index contributed by atoms with van der Waals surface area (Å²) >= 11 is 1.13. The van der Waals surface area contributed by atoms with Gasteiger partial charge in [0.05, 0.1) is 16.8 Å². The van der Waals surface area contributed by atoms with Crippen molar-refractivity contribution in [2.24, 2.45) is 0 Å². The molecular weight excluding hydrogens is 410 g/mol. The number of methoxy groups -OCH3 is 1. The fraction of sp³-hybridized carbons (Fsp3) is 0.208. The van der Waals surface area contributed by atoms with E-state index >= 15 is 0 Å². The summed E-state index contributed by atoms with van der Waals surface area (Å²) in [7, 11) is 1.53. The molecule has 0 radical (unpaired) electrons. The van der Waals surface area contributed by atoms with Gasteiger partial charge in [-0.2, -0.15) is 5.26 Å². The first-order valence-electron chi connectivity index (χ1n) is 9.74. The molecular formula is C24H23N3O3S. The second-order valence-corrected chi connectivity index (χ2v) is 8.02. The summed E-state index contributed by atoms with van der Waals surface area (Å²) < 4.78 is 7.15. The van der Waals surface area contributed by atoms with Crippen LogP contribution in [0.4, 0.5) is 0 Å². The van der Waals surface area contributed by atoms with Gasteiger partial charge in [-0.05, 0) is 37.1 Å². The number of amides is 1. The minimum Gasteiger partial charge on any atom is -0.383 e. The van der Waals surface area contributed by atoms with Gasteiger partial charge in [0.2, 0.25) is 0 Å². The molecule has 0 saturated heterocycles. The first kappa shape index (κ1) is 22.2. The van der Waals surface area contributed by atoms with E-state index < -0.39 is 5.91 Å². The lowest BCUT2D eigenvalue weighted by atomic mass is 10.1. The fourth-order valence-electron chi connectivity index (χ4n) is 3.05. The highest BCUT2D eigenvalue weighted by Crippen LogP contribution is 2.10. The molecule has 0 fully saturated rings. The number of aromatic nitrogens is 1. The van der Waals surface area contributed by atoms with Crippen molar-refractivity contribution in [2.45, 2.75) is 13.8 Å². The molecule has 6 nitrogen and oxygen atoms in total. The Labute approximate surface area is 184 Å². The highest BCUT2D eigenvalue weighted by Gasteiger charge is 2.17. The van der Waals surface area contributed by atoms with Crippen LogP contribution < -0.4 is 20.1 Å². The van der Waals surface area contributed by atoms with E-state index in [0.29, 0.717) is 21.5 Å². The molecule has 3 aromatic rings. The Balaban J connectivity index is 2.30. The van der Waals surface area contributed by atoms with Crippen LogP contribution in [0.2, 0.25) is 0 Å². The van der Waals surface area contributed by atoms with Crippen molar-refractivity contribution in [3.05, 3.63) is 84.8 Å². The average Bonchev–Trinajstić information content (AvgIpc) is 3.06. The molecule has 0 spiro atoms. The predicted molar refractivity (Wildman–Crippen MR) is 123 cm³/mol. The number of para-hydroxylation sites is 1. The first-order chi connectivity index (χ1) is 15.0. The van der Waals surface area contributed by atoms with Gasteiger partial charge in [0, 0.05) is 13.7 Å². The third kappa shape index (κ3) is 5.00. The molecule has 1 N–H and O–H groups in total. The van der Waals surface area contributed by atoms with Crippen LogP contribution in [0.3, 0.4) is 0 Å². The SMILES string of the molecule is COCCNC(=O)/C(C#N)=c1\s/c(=C\c2ccc(C)cc2)c(=O)n1-c1ccccc1C. The smallest absolute Gasteiger partial charge is 0.273 e. The minimum absolute atomic E-state index is 0.106. The second kappa shape index (κ2) is 10.0. The molecule has 0 aliphatic carbocycles. The van der Waals surface area contributed by atoms with Crippen LogP contribution in [0.1, 0.15) is 16.7 Å². The highest BCUT2D eigenvalue weighted by molar-refractivity contribution is 7.07. The van der Waals surface area contributed by atoms with Crippen molar-refractivity contribution in [3.8, 4) is 11.8 Å². The minimum atomic E-state index is -0.537. The maximum atomic E-state index is 13.4. The van der Waals surface area contributed by atoms with Crippen LogP contribution >= 0.6 is 11.3 Å². The molecule has 0 saturated carbocycles. The van der Waals surface area contributed by atoms with E-state index in [1.165, 1.54) is 11.7 Å². The molecule has 0 atom stereocenters. The summed E-state index contributed by atoms with van der Waals surface area (Å²) in [6.07, 6.45) is 1.78. The third-order valence-electron chi connectivity index (χ3n) is 4.70. The van der Waals surface area contributed by atoms with Crippen LogP contribution in [-0.4, -0.2) is 30.7 Å². The number of hydrogen-bond donors (Lipinski definition) is 1. The average molecular weight is 434 g/mol. The van der Waals surface area contributed by atoms with E-state index in [9.17, 15) is 14.9 Å². The van der Waals surface area contributed by atoms with Crippen molar-refractivity contribution in [3.63, 3.8) is 0 Å². The van der Waals surface area contributed by atoms with Gasteiger partial charge in [-0.1, -0.05) is 48.0 Å². The Bertz CT molecular complexity index is 1310. The van der Waals surface area contributed by atoms with Crippen LogP contribution in [0.5, 0.6) is 0 Å². The Kier molecular flexibility index (Phi) is 7.19. The Hall–Kier alpha value is -3.47. The molecule has 0 unspecified atom stereocenters. The lowest BCUT2D eigenvalue weighted by Crippen LogP contribution is -2.35. The molecule has 3 rings (SSSR count). The highest BCUT2D eigenvalue weighted by atomic mass is 32.1. The van der Waals surface area contributed by atoms with Crippen LogP contribution in [0.15, 0.2) is 53.3 Å². The van der Waals surface area contributed by atoms with E-state index in [1.807, 2.05) is 62.4 Å². The number of nitrogens with one attached hydrogen (secondary N) is 1. The molecule has 1 aromatic heterocycles. The number of nitrogens with zero attached hydrogens (tertiary/aromatic N) is 2. The Morgan fingerprint density at radius 3 is 2.55 bits per heavy atom. The summed E-state index contributed by atoms with van der Waals surface area (Å²) in [6, 6.07) is 17.2. The number of nitriles is 1. The van der Waals surface area contributed by atoms with E-state index in [1.54, 1.807) is 12.1 Å². The number of benzene rings is 2. The quantitative estimate of drug-likeness (QED) is 0.601. The van der Waals surface area contributed by atoms with Crippen molar-refractivity contribution in [1.82, 2.24) is 9.88 Å². The van der Waals surface area contributed by atoms with E-state index in [4.69, 9.17) is 4.74 Å². The normalized spacial score (nSPS) is 12.4. The lowest BCUT2D eigenvalue weighted by molar-refractivity contribution is -0.115. The Morgan fingerprint density at radius 1 is 1.19 bits per heavy atom. The summed E-state index contributed by atoms with van der Waals surface area (Å²) in [4.78, 5) is 26.1. The van der Waals surface area contributed by atoms with Crippen molar-refractivity contribution >= 4 is 28.9 Å². The third-order valence-corrected chi connectivity index (χ3v) is 5.79. The number of carbonyl (C=O) groups excluding carboxylic acids is 1. The van der Waals surface area contributed by atoms with Gasteiger partial charge < -0.3 is 10.1 Å². The molecule has 0 aliphatic rings. The first-order valence-corrected chi connectivity index (χ1v) is 10.6. The maximum absolute atomic E-state index is 13.4. The molecule has 2 aromatic carbocycles. The van der Waals surface area contributed by atoms with E-state index in [0.717, 1.165) is 28.0 Å². The second-order valence-electron chi connectivity index (χ2n) is 6.99.